The molecule has 0 aliphatic heterocycles. The molecule has 7 nitrogen and oxygen atoms in total. The van der Waals surface area contributed by atoms with Crippen molar-refractivity contribution in [2.75, 3.05) is 0 Å². The molecule has 0 heterocycles. The minimum absolute atomic E-state index is 0.0124. The molecule has 4 N–H and O–H groups in total. The van der Waals surface area contributed by atoms with E-state index in [1.54, 1.807) is 18.2 Å². The van der Waals surface area contributed by atoms with Gasteiger partial charge in [-0.3, -0.25) is 15.0 Å². The number of carbonyl (C=O) groups excluding carboxylic acids is 2. The molecule has 0 atom stereocenters. The smallest absolute Gasteiger partial charge is 0.264 e. The number of hydrogen-bond acceptors (Lipinski definition) is 5. The predicted molar refractivity (Wildman–Crippen MR) is 63.3 cm³/mol. The fourth-order valence-corrected chi connectivity index (χ4v) is 2.19. The highest BCUT2D eigenvalue weighted by atomic mass is 32.2. The van der Waals surface area contributed by atoms with Gasteiger partial charge in [-0.1, -0.05) is 18.2 Å². The SMILES string of the molecule is NNC(=O)CCC(=O)NS(=O)(=O)c1ccccc1. The minimum Gasteiger partial charge on any atom is -0.294 e. The van der Waals surface area contributed by atoms with Crippen molar-refractivity contribution in [3.63, 3.8) is 0 Å². The standard InChI is InChI=1S/C10H13N3O4S/c11-12-9(14)6-7-10(15)13-18(16,17)8-4-2-1-3-5-8/h1-5H,6-7,11H2,(H,12,14)(H,13,15). The molecule has 2 amide bonds. The first-order valence-corrected chi connectivity index (χ1v) is 6.54. The number of carbonyl (C=O) groups is 2. The average molecular weight is 271 g/mol. The van der Waals surface area contributed by atoms with Crippen LogP contribution >= 0.6 is 0 Å². The normalized spacial score (nSPS) is 10.7. The van der Waals surface area contributed by atoms with Gasteiger partial charge in [0, 0.05) is 12.8 Å². The number of hydrazine groups is 1. The van der Waals surface area contributed by atoms with Crippen LogP contribution in [0.25, 0.3) is 0 Å². The molecule has 0 unspecified atom stereocenters. The Labute approximate surface area is 104 Å². The number of amides is 2. The maximum Gasteiger partial charge on any atom is 0.264 e. The van der Waals surface area contributed by atoms with Crippen LogP contribution in [0.2, 0.25) is 0 Å². The zero-order chi connectivity index (χ0) is 13.6. The van der Waals surface area contributed by atoms with Crippen LogP contribution in [-0.4, -0.2) is 20.2 Å². The monoisotopic (exact) mass is 271 g/mol. The van der Waals surface area contributed by atoms with E-state index in [2.05, 4.69) is 0 Å². The molecule has 0 bridgehead atoms. The fraction of sp³-hybridized carbons (Fsp3) is 0.200. The summed E-state index contributed by atoms with van der Waals surface area (Å²) in [5.74, 6) is 3.53. The summed E-state index contributed by atoms with van der Waals surface area (Å²) in [6.45, 7) is 0. The molecule has 0 fully saturated rings. The Hall–Kier alpha value is -1.93. The molecule has 0 saturated carbocycles. The summed E-state index contributed by atoms with van der Waals surface area (Å²) in [5.41, 5.74) is 1.85. The molecule has 0 aliphatic carbocycles. The Bertz CT molecular complexity index is 527. The van der Waals surface area contributed by atoms with Gasteiger partial charge in [-0.05, 0) is 12.1 Å². The highest BCUT2D eigenvalue weighted by Gasteiger charge is 2.17. The number of benzene rings is 1. The maximum absolute atomic E-state index is 11.7. The molecule has 1 rings (SSSR count). The van der Waals surface area contributed by atoms with E-state index in [0.717, 1.165) is 0 Å². The van der Waals surface area contributed by atoms with Crippen molar-refractivity contribution in [1.29, 1.82) is 0 Å². The van der Waals surface area contributed by atoms with Crippen molar-refractivity contribution in [2.24, 2.45) is 5.84 Å². The highest BCUT2D eigenvalue weighted by molar-refractivity contribution is 7.90. The second-order valence-electron chi connectivity index (χ2n) is 3.41. The van der Waals surface area contributed by atoms with Crippen LogP contribution < -0.4 is 16.0 Å². The second-order valence-corrected chi connectivity index (χ2v) is 5.09. The van der Waals surface area contributed by atoms with Crippen LogP contribution in [0.1, 0.15) is 12.8 Å². The molecule has 98 valence electrons. The van der Waals surface area contributed by atoms with E-state index in [-0.39, 0.29) is 17.7 Å². The van der Waals surface area contributed by atoms with Crippen molar-refractivity contribution in [2.45, 2.75) is 17.7 Å². The molecule has 0 spiro atoms. The first kappa shape index (κ1) is 14.1. The van der Waals surface area contributed by atoms with Crippen LogP contribution in [0.5, 0.6) is 0 Å². The van der Waals surface area contributed by atoms with Gasteiger partial charge in [-0.25, -0.2) is 19.0 Å². The quantitative estimate of drug-likeness (QED) is 0.370. The lowest BCUT2D eigenvalue weighted by molar-refractivity contribution is -0.125. The van der Waals surface area contributed by atoms with Gasteiger partial charge >= 0.3 is 0 Å². The second kappa shape index (κ2) is 6.12. The first-order valence-electron chi connectivity index (χ1n) is 5.06. The maximum atomic E-state index is 11.7. The van der Waals surface area contributed by atoms with Crippen LogP contribution in [0.4, 0.5) is 0 Å². The third-order valence-electron chi connectivity index (χ3n) is 2.04. The zero-order valence-corrected chi connectivity index (χ0v) is 10.2. The number of hydrogen-bond donors (Lipinski definition) is 3. The topological polar surface area (TPSA) is 118 Å². The lowest BCUT2D eigenvalue weighted by Gasteiger charge is -2.06. The van der Waals surface area contributed by atoms with Crippen LogP contribution in [0, 0.1) is 0 Å². The Morgan fingerprint density at radius 1 is 1.06 bits per heavy atom. The molecular weight excluding hydrogens is 258 g/mol. The third kappa shape index (κ3) is 4.15. The third-order valence-corrected chi connectivity index (χ3v) is 3.43. The van der Waals surface area contributed by atoms with E-state index < -0.39 is 21.8 Å². The summed E-state index contributed by atoms with van der Waals surface area (Å²) in [4.78, 5) is 22.1. The number of nitrogens with one attached hydrogen (secondary N) is 2. The number of rotatable bonds is 5. The summed E-state index contributed by atoms with van der Waals surface area (Å²) < 4.78 is 25.3. The molecule has 0 radical (unpaired) electrons. The van der Waals surface area contributed by atoms with Gasteiger partial charge in [0.05, 0.1) is 4.90 Å². The lowest BCUT2D eigenvalue weighted by atomic mass is 10.3. The molecule has 0 aromatic heterocycles. The van der Waals surface area contributed by atoms with Gasteiger partial charge in [0.15, 0.2) is 0 Å². The Morgan fingerprint density at radius 2 is 1.61 bits per heavy atom. The van der Waals surface area contributed by atoms with Gasteiger partial charge in [0.1, 0.15) is 0 Å². The Balaban J connectivity index is 2.62. The predicted octanol–water partition coefficient (Wildman–Crippen LogP) is -0.738. The van der Waals surface area contributed by atoms with E-state index in [1.807, 2.05) is 10.1 Å². The Kier molecular flexibility index (Phi) is 4.81. The summed E-state index contributed by atoms with van der Waals surface area (Å²) in [6.07, 6.45) is -0.429. The van der Waals surface area contributed by atoms with Gasteiger partial charge in [0.25, 0.3) is 10.0 Å². The van der Waals surface area contributed by atoms with E-state index in [9.17, 15) is 18.0 Å². The minimum atomic E-state index is -3.88. The van der Waals surface area contributed by atoms with Gasteiger partial charge in [-0.2, -0.15) is 0 Å². The largest absolute Gasteiger partial charge is 0.294 e. The van der Waals surface area contributed by atoms with Crippen LogP contribution in [0.15, 0.2) is 35.2 Å². The summed E-state index contributed by atoms with van der Waals surface area (Å²) >= 11 is 0. The van der Waals surface area contributed by atoms with E-state index >= 15 is 0 Å². The van der Waals surface area contributed by atoms with Gasteiger partial charge < -0.3 is 0 Å². The summed E-state index contributed by atoms with van der Waals surface area (Å²) in [5, 5.41) is 0. The highest BCUT2D eigenvalue weighted by Crippen LogP contribution is 2.07. The van der Waals surface area contributed by atoms with Gasteiger partial charge in [0.2, 0.25) is 11.8 Å². The zero-order valence-electron chi connectivity index (χ0n) is 9.42. The summed E-state index contributed by atoms with van der Waals surface area (Å²) in [7, 11) is -3.88. The van der Waals surface area contributed by atoms with E-state index in [0.29, 0.717) is 0 Å². The molecule has 1 aromatic carbocycles. The first-order chi connectivity index (χ1) is 8.45. The average Bonchev–Trinajstić information content (AvgIpc) is 2.36. The van der Waals surface area contributed by atoms with Crippen LogP contribution in [-0.2, 0) is 19.6 Å². The Morgan fingerprint density at radius 3 is 2.17 bits per heavy atom. The fourth-order valence-electron chi connectivity index (χ4n) is 1.16. The molecular formula is C10H13N3O4S. The molecule has 0 saturated heterocycles. The van der Waals surface area contributed by atoms with Crippen molar-refractivity contribution in [3.05, 3.63) is 30.3 Å². The molecule has 1 aromatic rings. The molecule has 18 heavy (non-hydrogen) atoms. The summed E-state index contributed by atoms with van der Waals surface area (Å²) in [6, 6.07) is 7.47. The molecule has 0 aliphatic rings. The van der Waals surface area contributed by atoms with Crippen LogP contribution in [0.3, 0.4) is 0 Å². The lowest BCUT2D eigenvalue weighted by Crippen LogP contribution is -2.34. The molecule has 8 heteroatoms. The number of nitrogens with two attached hydrogens (primary N) is 1. The van der Waals surface area contributed by atoms with Gasteiger partial charge in [-0.15, -0.1) is 0 Å². The van der Waals surface area contributed by atoms with Crippen molar-refractivity contribution in [1.82, 2.24) is 10.1 Å². The van der Waals surface area contributed by atoms with E-state index in [1.165, 1.54) is 12.1 Å². The van der Waals surface area contributed by atoms with Crippen molar-refractivity contribution < 1.29 is 18.0 Å². The number of sulfonamides is 1. The van der Waals surface area contributed by atoms with Crippen molar-refractivity contribution in [3.8, 4) is 0 Å². The van der Waals surface area contributed by atoms with Crippen molar-refractivity contribution >= 4 is 21.8 Å². The van der Waals surface area contributed by atoms with E-state index in [4.69, 9.17) is 5.84 Å².